The minimum atomic E-state index is 0.0290. The average molecular weight is 150 g/mol. The third-order valence-corrected chi connectivity index (χ3v) is 1.14. The summed E-state index contributed by atoms with van der Waals surface area (Å²) in [6, 6.07) is 3.66. The molecule has 1 aromatic rings. The Labute approximate surface area is 65.0 Å². The summed E-state index contributed by atoms with van der Waals surface area (Å²) in [5.74, 6) is 0.567. The third kappa shape index (κ3) is 2.25. The molecule has 0 unspecified atom stereocenters. The van der Waals surface area contributed by atoms with Gasteiger partial charge in [0, 0.05) is 6.20 Å². The molecule has 0 bridgehead atoms. The molecule has 11 heavy (non-hydrogen) atoms. The Morgan fingerprint density at radius 2 is 2.18 bits per heavy atom. The lowest BCUT2D eigenvalue weighted by Crippen LogP contribution is -2.22. The van der Waals surface area contributed by atoms with E-state index in [1.54, 1.807) is 12.3 Å². The van der Waals surface area contributed by atoms with Crippen molar-refractivity contribution in [1.29, 1.82) is 0 Å². The van der Waals surface area contributed by atoms with Gasteiger partial charge in [-0.05, 0) is 18.6 Å². The second-order valence-electron chi connectivity index (χ2n) is 2.23. The van der Waals surface area contributed by atoms with Crippen LogP contribution in [0.2, 0.25) is 0 Å². The van der Waals surface area contributed by atoms with Crippen LogP contribution in [0.4, 0.5) is 5.82 Å². The molecule has 4 nitrogen and oxygen atoms in total. The fourth-order valence-electron chi connectivity index (χ4n) is 0.658. The molecule has 1 heterocycles. The summed E-state index contributed by atoms with van der Waals surface area (Å²) in [6.45, 7) is 1.95. The van der Waals surface area contributed by atoms with Crippen LogP contribution in [0.15, 0.2) is 23.3 Å². The normalized spacial score (nSPS) is 9.18. The number of aryl methyl sites for hydroxylation is 1. The van der Waals surface area contributed by atoms with Crippen molar-refractivity contribution in [2.24, 2.45) is 16.5 Å². The number of hydrogen-bond donors (Lipinski definition) is 2. The van der Waals surface area contributed by atoms with Crippen LogP contribution in [-0.4, -0.2) is 10.9 Å². The summed E-state index contributed by atoms with van der Waals surface area (Å²) in [6.07, 6.45) is 1.71. The number of rotatable bonds is 1. The Bertz CT molecular complexity index is 258. The fourth-order valence-corrected chi connectivity index (χ4v) is 0.658. The quantitative estimate of drug-likeness (QED) is 0.446. The van der Waals surface area contributed by atoms with Crippen molar-refractivity contribution in [2.45, 2.75) is 6.92 Å². The van der Waals surface area contributed by atoms with Gasteiger partial charge in [-0.1, -0.05) is 6.07 Å². The topological polar surface area (TPSA) is 77.3 Å². The molecule has 0 saturated carbocycles. The zero-order chi connectivity index (χ0) is 8.27. The first-order chi connectivity index (χ1) is 5.18. The molecule has 0 aliphatic rings. The molecule has 0 fully saturated rings. The Kier molecular flexibility index (Phi) is 2.06. The molecule has 0 amide bonds. The van der Waals surface area contributed by atoms with Gasteiger partial charge in [-0.3, -0.25) is 0 Å². The van der Waals surface area contributed by atoms with E-state index in [1.165, 1.54) is 0 Å². The maximum absolute atomic E-state index is 5.15. The van der Waals surface area contributed by atoms with Gasteiger partial charge in [0.05, 0.1) is 0 Å². The zero-order valence-corrected chi connectivity index (χ0v) is 6.28. The van der Waals surface area contributed by atoms with Crippen molar-refractivity contribution >= 4 is 11.8 Å². The molecule has 0 atom stereocenters. The molecule has 0 spiro atoms. The van der Waals surface area contributed by atoms with Crippen LogP contribution < -0.4 is 11.5 Å². The van der Waals surface area contributed by atoms with E-state index >= 15 is 0 Å². The number of aromatic nitrogens is 1. The Morgan fingerprint density at radius 3 is 2.64 bits per heavy atom. The number of guanidine groups is 1. The minimum Gasteiger partial charge on any atom is -0.370 e. The largest absolute Gasteiger partial charge is 0.370 e. The SMILES string of the molecule is Cc1ccc(N=C(N)N)nc1. The summed E-state index contributed by atoms with van der Waals surface area (Å²) in [4.78, 5) is 7.73. The molecule has 0 aliphatic carbocycles. The minimum absolute atomic E-state index is 0.0290. The highest BCUT2D eigenvalue weighted by Crippen LogP contribution is 2.06. The molecule has 0 saturated heterocycles. The van der Waals surface area contributed by atoms with Crippen LogP contribution in [0.25, 0.3) is 0 Å². The maximum atomic E-state index is 5.15. The lowest BCUT2D eigenvalue weighted by atomic mass is 10.3. The molecule has 58 valence electrons. The van der Waals surface area contributed by atoms with Gasteiger partial charge in [0.2, 0.25) is 0 Å². The lowest BCUT2D eigenvalue weighted by molar-refractivity contribution is 1.22. The van der Waals surface area contributed by atoms with Gasteiger partial charge in [0.25, 0.3) is 0 Å². The zero-order valence-electron chi connectivity index (χ0n) is 6.28. The number of pyridine rings is 1. The van der Waals surface area contributed by atoms with Crippen molar-refractivity contribution in [1.82, 2.24) is 4.98 Å². The van der Waals surface area contributed by atoms with Crippen LogP contribution >= 0.6 is 0 Å². The van der Waals surface area contributed by atoms with Gasteiger partial charge in [0.1, 0.15) is 0 Å². The second-order valence-corrected chi connectivity index (χ2v) is 2.23. The molecule has 1 rings (SSSR count). The second kappa shape index (κ2) is 3.01. The van der Waals surface area contributed by atoms with Crippen molar-refractivity contribution in [3.8, 4) is 0 Å². The predicted molar refractivity (Wildman–Crippen MR) is 44.4 cm³/mol. The first kappa shape index (κ1) is 7.53. The average Bonchev–Trinajstić information content (AvgIpc) is 1.93. The van der Waals surface area contributed by atoms with Gasteiger partial charge in [-0.2, -0.15) is 4.99 Å². The highest BCUT2D eigenvalue weighted by molar-refractivity contribution is 5.78. The predicted octanol–water partition coefficient (Wildman–Crippen LogP) is 0.295. The van der Waals surface area contributed by atoms with E-state index in [1.807, 2.05) is 13.0 Å². The third-order valence-electron chi connectivity index (χ3n) is 1.14. The molecule has 4 heteroatoms. The molecule has 4 N–H and O–H groups in total. The lowest BCUT2D eigenvalue weighted by Gasteiger charge is -1.93. The number of hydrogen-bond acceptors (Lipinski definition) is 2. The first-order valence-electron chi connectivity index (χ1n) is 3.21. The van der Waals surface area contributed by atoms with Gasteiger partial charge in [0.15, 0.2) is 11.8 Å². The smallest absolute Gasteiger partial charge is 0.192 e. The monoisotopic (exact) mass is 150 g/mol. The highest BCUT2D eigenvalue weighted by Gasteiger charge is 1.89. The maximum Gasteiger partial charge on any atom is 0.192 e. The molecular formula is C7H10N4. The number of nitrogens with zero attached hydrogens (tertiary/aromatic N) is 2. The van der Waals surface area contributed by atoms with E-state index in [4.69, 9.17) is 11.5 Å². The number of aliphatic imine (C=N–C) groups is 1. The molecule has 0 radical (unpaired) electrons. The summed E-state index contributed by atoms with van der Waals surface area (Å²) in [5, 5.41) is 0. The summed E-state index contributed by atoms with van der Waals surface area (Å²) in [7, 11) is 0. The highest BCUT2D eigenvalue weighted by atomic mass is 15.0. The van der Waals surface area contributed by atoms with Crippen LogP contribution in [0.1, 0.15) is 5.56 Å². The molecule has 0 aliphatic heterocycles. The first-order valence-corrected chi connectivity index (χ1v) is 3.21. The van der Waals surface area contributed by atoms with Crippen molar-refractivity contribution in [2.75, 3.05) is 0 Å². The van der Waals surface area contributed by atoms with E-state index in [0.29, 0.717) is 5.82 Å². The van der Waals surface area contributed by atoms with Gasteiger partial charge in [-0.25, -0.2) is 4.98 Å². The van der Waals surface area contributed by atoms with Gasteiger partial charge in [-0.15, -0.1) is 0 Å². The standard InChI is InChI=1S/C7H10N4/c1-5-2-3-6(10-4-5)11-7(8)9/h2-4H,1H3,(H4,8,9,10,11). The van der Waals surface area contributed by atoms with Crippen LogP contribution in [0, 0.1) is 6.92 Å². The molecule has 1 aromatic heterocycles. The van der Waals surface area contributed by atoms with E-state index in [9.17, 15) is 0 Å². The van der Waals surface area contributed by atoms with E-state index < -0.39 is 0 Å². The van der Waals surface area contributed by atoms with Crippen LogP contribution in [-0.2, 0) is 0 Å². The van der Waals surface area contributed by atoms with Crippen molar-refractivity contribution < 1.29 is 0 Å². The van der Waals surface area contributed by atoms with Gasteiger partial charge < -0.3 is 11.5 Å². The van der Waals surface area contributed by atoms with Gasteiger partial charge >= 0.3 is 0 Å². The number of nitrogens with two attached hydrogens (primary N) is 2. The van der Waals surface area contributed by atoms with Crippen molar-refractivity contribution in [3.05, 3.63) is 23.9 Å². The Hall–Kier alpha value is -1.58. The van der Waals surface area contributed by atoms with Crippen LogP contribution in [0.3, 0.4) is 0 Å². The van der Waals surface area contributed by atoms with E-state index in [2.05, 4.69) is 9.98 Å². The molecule has 0 aromatic carbocycles. The van der Waals surface area contributed by atoms with Crippen LogP contribution in [0.5, 0.6) is 0 Å². The summed E-state index contributed by atoms with van der Waals surface area (Å²) >= 11 is 0. The summed E-state index contributed by atoms with van der Waals surface area (Å²) in [5.41, 5.74) is 11.4. The van der Waals surface area contributed by atoms with E-state index in [-0.39, 0.29) is 5.96 Å². The molecular weight excluding hydrogens is 140 g/mol. The fraction of sp³-hybridized carbons (Fsp3) is 0.143. The summed E-state index contributed by atoms with van der Waals surface area (Å²) < 4.78 is 0. The van der Waals surface area contributed by atoms with E-state index in [0.717, 1.165) is 5.56 Å². The Morgan fingerprint density at radius 1 is 1.45 bits per heavy atom. The Balaban J connectivity index is 2.91. The van der Waals surface area contributed by atoms with Crippen molar-refractivity contribution in [3.63, 3.8) is 0 Å².